The van der Waals surface area contributed by atoms with Gasteiger partial charge in [-0.25, -0.2) is 47.9 Å². The number of halogens is 3. The normalized spacial score (nSPS) is 11.6. The van der Waals surface area contributed by atoms with Crippen LogP contribution in [0.15, 0.2) is 91.0 Å². The molecule has 0 bridgehead atoms. The number of urea groups is 2. The Balaban J connectivity index is -0.000000224. The van der Waals surface area contributed by atoms with Crippen molar-refractivity contribution in [2.45, 2.75) is 205 Å². The molecule has 768 valence electrons. The summed E-state index contributed by atoms with van der Waals surface area (Å²) in [5.74, 6) is -5.59. The van der Waals surface area contributed by atoms with Gasteiger partial charge >= 0.3 is 100 Å². The second-order valence-corrected chi connectivity index (χ2v) is 27.8. The number of nitrogens with one attached hydrogen (secondary N) is 6. The van der Waals surface area contributed by atoms with Gasteiger partial charge in [-0.1, -0.05) is 172 Å². The van der Waals surface area contributed by atoms with E-state index >= 15 is 0 Å². The van der Waals surface area contributed by atoms with Crippen molar-refractivity contribution in [2.24, 2.45) is 40.9 Å². The lowest BCUT2D eigenvalue weighted by atomic mass is 10.2. The van der Waals surface area contributed by atoms with Crippen molar-refractivity contribution in [1.82, 2.24) is 31.9 Å². The maximum Gasteiger partial charge on any atom is 0.506 e. The summed E-state index contributed by atoms with van der Waals surface area (Å²) in [5.41, 5.74) is 17.5. The topological polar surface area (TPSA) is 693 Å². The number of carboxylic acid groups (broad SMARTS) is 4. The fourth-order valence-corrected chi connectivity index (χ4v) is 7.54. The summed E-state index contributed by atoms with van der Waals surface area (Å²) in [4.78, 5) is 183. The van der Waals surface area contributed by atoms with Crippen molar-refractivity contribution >= 4 is 135 Å². The summed E-state index contributed by atoms with van der Waals surface area (Å²) < 4.78 is 56.1. The zero-order valence-corrected chi connectivity index (χ0v) is 81.1. The Bertz CT molecular complexity index is 3530. The quantitative estimate of drug-likeness (QED) is 0.0108. The van der Waals surface area contributed by atoms with Crippen LogP contribution in [0.2, 0.25) is 0 Å². The Morgan fingerprint density at radius 1 is 0.351 bits per heavy atom. The van der Waals surface area contributed by atoms with E-state index in [0.29, 0.717) is 65.6 Å². The molecule has 0 spiro atoms. The van der Waals surface area contributed by atoms with E-state index in [1.54, 1.807) is 76.2 Å². The molecule has 0 heterocycles. The summed E-state index contributed by atoms with van der Waals surface area (Å²) >= 11 is 13.8. The molecule has 0 aliphatic heterocycles. The number of amides is 6. The predicted octanol–water partition coefficient (Wildman–Crippen LogP) is 9.42. The molecule has 6 amide bonds. The summed E-state index contributed by atoms with van der Waals surface area (Å²) in [7, 11) is 0. The van der Waals surface area contributed by atoms with Gasteiger partial charge in [0.1, 0.15) is 37.9 Å². The molecule has 3 rings (SSSR count). The van der Waals surface area contributed by atoms with Crippen molar-refractivity contribution in [3.63, 3.8) is 0 Å². The van der Waals surface area contributed by atoms with Crippen LogP contribution in [0.5, 0.6) is 0 Å². The summed E-state index contributed by atoms with van der Waals surface area (Å²) in [6, 6.07) is 21.9. The summed E-state index contributed by atoms with van der Waals surface area (Å²) in [5, 5.41) is 71.0. The lowest BCUT2D eigenvalue weighted by Gasteiger charge is -2.19. The first-order valence-electron chi connectivity index (χ1n) is 42.4. The first-order valence-corrected chi connectivity index (χ1v) is 43.5. The van der Waals surface area contributed by atoms with Crippen molar-refractivity contribution in [1.29, 1.82) is 0 Å². The first kappa shape index (κ1) is 138. The molecule has 0 aliphatic rings. The molecular formula is C86H142Cl3N9O36. The number of unbranched alkanes of at least 4 members (excludes halogenated alkanes) is 4. The van der Waals surface area contributed by atoms with Gasteiger partial charge in [-0.2, -0.15) is 0 Å². The maximum atomic E-state index is 11.8. The fourth-order valence-electron chi connectivity index (χ4n) is 7.49. The van der Waals surface area contributed by atoms with Gasteiger partial charge in [-0.15, -0.1) is 0 Å². The molecule has 45 nitrogen and oxygen atoms in total. The smallest absolute Gasteiger partial charge is 0.466 e. The van der Waals surface area contributed by atoms with Crippen LogP contribution in [-0.4, -0.2) is 272 Å². The van der Waals surface area contributed by atoms with Gasteiger partial charge in [0.15, 0.2) is 12.1 Å². The minimum Gasteiger partial charge on any atom is -0.466 e. The van der Waals surface area contributed by atoms with Gasteiger partial charge < -0.3 is 142 Å². The van der Waals surface area contributed by atoms with Crippen molar-refractivity contribution in [2.75, 3.05) is 105 Å². The third-order valence-corrected chi connectivity index (χ3v) is 14.9. The van der Waals surface area contributed by atoms with Gasteiger partial charge in [-0.3, -0.25) is 33.6 Å². The Morgan fingerprint density at radius 2 is 0.649 bits per heavy atom. The molecule has 0 radical (unpaired) electrons. The van der Waals surface area contributed by atoms with E-state index in [9.17, 15) is 71.9 Å². The third kappa shape index (κ3) is 96.3. The van der Waals surface area contributed by atoms with Crippen LogP contribution in [0.1, 0.15) is 172 Å². The lowest BCUT2D eigenvalue weighted by Crippen LogP contribution is -2.53. The van der Waals surface area contributed by atoms with E-state index in [1.165, 1.54) is 0 Å². The van der Waals surface area contributed by atoms with Crippen LogP contribution < -0.4 is 49.1 Å². The van der Waals surface area contributed by atoms with Crippen molar-refractivity contribution < 1.29 is 174 Å². The highest BCUT2D eigenvalue weighted by molar-refractivity contribution is 6.93. The molecule has 0 aliphatic carbocycles. The average Bonchev–Trinajstić information content (AvgIpc) is 0.893. The molecule has 9 unspecified atom stereocenters. The van der Waals surface area contributed by atoms with Gasteiger partial charge in [0, 0.05) is 37.8 Å². The Labute approximate surface area is 796 Å². The van der Waals surface area contributed by atoms with Crippen LogP contribution in [0.4, 0.5) is 38.4 Å². The average molecular weight is 1980 g/mol. The van der Waals surface area contributed by atoms with Crippen LogP contribution in [-0.2, 0) is 120 Å². The molecule has 134 heavy (non-hydrogen) atoms. The molecule has 3 aromatic carbocycles. The third-order valence-electron chi connectivity index (χ3n) is 14.8. The highest BCUT2D eigenvalue weighted by Gasteiger charge is 2.27. The number of rotatable bonds is 45. The van der Waals surface area contributed by atoms with E-state index in [0.717, 1.165) is 55.2 Å². The van der Waals surface area contributed by atoms with E-state index in [4.69, 9.17) is 107 Å². The number of esters is 9. The van der Waals surface area contributed by atoms with Crippen LogP contribution in [0.3, 0.4) is 0 Å². The Hall–Kier alpha value is -11.7. The second-order valence-electron chi connectivity index (χ2n) is 26.6. The van der Waals surface area contributed by atoms with Gasteiger partial charge in [-0.05, 0) is 114 Å². The molecule has 0 saturated heterocycles. The molecular weight excluding hydrogens is 1840 g/mol. The van der Waals surface area contributed by atoms with E-state index < -0.39 is 126 Å². The number of aliphatic hydroxyl groups is 3. The number of hydrogen-bond acceptors (Lipinski definition) is 35. The lowest BCUT2D eigenvalue weighted by molar-refractivity contribution is -0.148. The number of ether oxygens (including phenoxy) is 12. The highest BCUT2D eigenvalue weighted by Crippen LogP contribution is 2.07. The zero-order chi connectivity index (χ0) is 104. The molecule has 48 heteroatoms. The van der Waals surface area contributed by atoms with Crippen molar-refractivity contribution in [3.8, 4) is 0 Å². The molecule has 19 N–H and O–H groups in total. The van der Waals surface area contributed by atoms with Gasteiger partial charge in [0.25, 0.3) is 0 Å². The standard InChI is InChI=1S/C15H28N2O7.C14H26N2O5.C14H19NO4.C8H7ClO2.C8H8O3.C7H13NO4.C7H15NO3.C6H13NO2.C5H11NO2.CCl2O.CH2O3/c1-3-5-7-23-13(20)11(9-18)16-15(22)17-12(10-19)14(21)24-8-6-4-2;1-5-7-8-21-13(18)11(4)16-14(19)15-9-10(3)12(17)20-6-2;1-3-18-13(16)11(2)9-15-14(17)19-10-12-7-5-4-6-8-12;2*9-8(10)11-6-7-4-2-1-3-5-7;1-3-12-6(9)5(2)4-8-7(10)11;1-2-3-4-11-7(10)6(8)5-9;1-3-9-6(8)5(2)4-7;1-3-8-5(7)4(2)6;2*2-1(3)4/h11-12,18-19H,3-10H2,1-2H3,(H2,16,17,22);10-11H,5-9H2,1-4H3,(H2,15,16,19);4-8,11H,3,9-10H2,1-2H3,(H,15,17);1-5H,6H2;1-5H,6H2,(H,9,10);5,8H,3-4H2,1-2H3,(H,10,11);6,9H,2-5,8H2,1H3;5H,3-4,7H2,1-2H3;4H,3,6H2,1-2H3;;(H2,2,3,4). The monoisotopic (exact) mass is 1980 g/mol. The summed E-state index contributed by atoms with van der Waals surface area (Å²) in [6.07, 6.45) is 1.81. The number of alkyl carbamates (subject to hydrolysis) is 1. The van der Waals surface area contributed by atoms with Crippen LogP contribution in [0, 0.1) is 23.7 Å². The zero-order valence-electron chi connectivity index (χ0n) is 78.8. The molecule has 9 atom stereocenters. The Kier molecular flexibility index (Phi) is 98.5. The second kappa shape index (κ2) is 95.9. The predicted molar refractivity (Wildman–Crippen MR) is 491 cm³/mol. The Morgan fingerprint density at radius 3 is 0.933 bits per heavy atom. The summed E-state index contributed by atoms with van der Waals surface area (Å²) in [6.45, 7) is 29.0. The van der Waals surface area contributed by atoms with E-state index in [-0.39, 0.29) is 101 Å². The van der Waals surface area contributed by atoms with Gasteiger partial charge in [0.2, 0.25) is 0 Å². The number of hydrogen-bond donors (Lipinski definition) is 16. The SMILES string of the molecule is CCCCOC(=O)C(C)NC(=O)NCC(C)C(=O)OCC.CCCCOC(=O)C(CO)NC(=O)NC(CO)C(=O)OCCCC.CCCCOC(=O)C(N)CO.CCOC(=O)C(C)CN.CCOC(=O)C(C)CNC(=O)O.CCOC(=O)C(C)CNC(=O)OCc1ccccc1.CCOC(=O)C(C)N.O=C(Cl)Cl.O=C(Cl)OCc1ccccc1.O=C(O)O.O=C(O)OCc1ccccc1. The minimum atomic E-state index is -1.83. The molecule has 0 aromatic heterocycles. The number of carbonyl (C=O) groups is 17. The molecule has 3 aromatic rings. The number of benzene rings is 3. The number of aliphatic hydroxyl groups excluding tert-OH is 3. The van der Waals surface area contributed by atoms with E-state index in [2.05, 4.69) is 78.8 Å². The maximum absolute atomic E-state index is 11.8. The minimum absolute atomic E-state index is 0.0914. The molecule has 0 saturated carbocycles. The van der Waals surface area contributed by atoms with Crippen LogP contribution in [0.25, 0.3) is 0 Å². The number of carbonyl (C=O) groups excluding carboxylic acids is 14. The number of nitrogens with two attached hydrogens (primary N) is 3. The fraction of sp³-hybridized carbons (Fsp3) is 0.593. The van der Waals surface area contributed by atoms with Crippen LogP contribution >= 0.6 is 34.8 Å². The molecule has 0 fully saturated rings. The highest BCUT2D eigenvalue weighted by atomic mass is 35.5. The largest absolute Gasteiger partial charge is 0.506 e. The first-order chi connectivity index (χ1) is 63.3. The van der Waals surface area contributed by atoms with Gasteiger partial charge in [0.05, 0.1) is 103 Å². The van der Waals surface area contributed by atoms with E-state index in [1.807, 2.05) is 119 Å². The van der Waals surface area contributed by atoms with Crippen molar-refractivity contribution in [3.05, 3.63) is 108 Å².